The number of rotatable bonds is 8. The normalized spacial score (nSPS) is 28.1. The molecule has 2 saturated heterocycles. The molecule has 2 fully saturated rings. The van der Waals surface area contributed by atoms with Gasteiger partial charge in [-0.2, -0.15) is 0 Å². The average molecular weight is 490 g/mol. The van der Waals surface area contributed by atoms with Crippen LogP contribution in [-0.2, 0) is 11.2 Å². The fraction of sp³-hybridized carbons (Fsp3) is 0.556. The van der Waals surface area contributed by atoms with E-state index in [0.29, 0.717) is 31.0 Å². The molecular formula is C27H36ClNO5. The molecule has 2 aromatic carbocycles. The third-order valence-corrected chi connectivity index (χ3v) is 7.31. The highest BCUT2D eigenvalue weighted by Gasteiger charge is 2.38. The van der Waals surface area contributed by atoms with Crippen molar-refractivity contribution in [2.45, 2.75) is 57.0 Å². The molecule has 4 rings (SSSR count). The molecule has 2 heterocycles. The summed E-state index contributed by atoms with van der Waals surface area (Å²) < 4.78 is 11.9. The summed E-state index contributed by atoms with van der Waals surface area (Å²) in [5.41, 5.74) is 3.07. The fourth-order valence-corrected chi connectivity index (χ4v) is 5.24. The van der Waals surface area contributed by atoms with Gasteiger partial charge in [0.1, 0.15) is 11.9 Å². The SMILES string of the molecule is CCOc1ccc(Cc2cc(C3CC(O)C(O)C(CN4CCCC(CO)C4)O3)ccc2Cl)cc1. The third kappa shape index (κ3) is 6.30. The topological polar surface area (TPSA) is 82.4 Å². The number of likely N-dealkylation sites (tertiary alicyclic amines) is 1. The molecule has 5 unspecified atom stereocenters. The second kappa shape index (κ2) is 11.8. The minimum absolute atomic E-state index is 0.178. The van der Waals surface area contributed by atoms with Crippen LogP contribution in [-0.4, -0.2) is 71.4 Å². The van der Waals surface area contributed by atoms with Gasteiger partial charge in [-0.25, -0.2) is 0 Å². The van der Waals surface area contributed by atoms with Crippen LogP contribution in [0.25, 0.3) is 0 Å². The Kier molecular flexibility index (Phi) is 8.86. The molecule has 34 heavy (non-hydrogen) atoms. The molecule has 2 aromatic rings. The highest BCUT2D eigenvalue weighted by molar-refractivity contribution is 6.31. The molecule has 186 valence electrons. The average Bonchev–Trinajstić information content (AvgIpc) is 2.84. The zero-order valence-corrected chi connectivity index (χ0v) is 20.5. The largest absolute Gasteiger partial charge is 0.494 e. The Morgan fingerprint density at radius 3 is 2.68 bits per heavy atom. The molecule has 0 saturated carbocycles. The van der Waals surface area contributed by atoms with Gasteiger partial charge in [0.25, 0.3) is 0 Å². The molecular weight excluding hydrogens is 454 g/mol. The third-order valence-electron chi connectivity index (χ3n) is 6.94. The molecule has 0 aliphatic carbocycles. The molecule has 2 aliphatic rings. The first kappa shape index (κ1) is 25.4. The number of hydrogen-bond acceptors (Lipinski definition) is 6. The van der Waals surface area contributed by atoms with E-state index in [0.717, 1.165) is 48.4 Å². The number of ether oxygens (including phenoxy) is 2. The van der Waals surface area contributed by atoms with Crippen LogP contribution >= 0.6 is 11.6 Å². The highest BCUT2D eigenvalue weighted by atomic mass is 35.5. The van der Waals surface area contributed by atoms with E-state index < -0.39 is 18.3 Å². The van der Waals surface area contributed by atoms with Gasteiger partial charge in [-0.15, -0.1) is 0 Å². The molecule has 0 radical (unpaired) electrons. The first-order chi connectivity index (χ1) is 16.5. The smallest absolute Gasteiger partial charge is 0.119 e. The fourth-order valence-electron chi connectivity index (χ4n) is 5.06. The maximum absolute atomic E-state index is 10.6. The van der Waals surface area contributed by atoms with Crippen molar-refractivity contribution in [2.75, 3.05) is 32.8 Å². The van der Waals surface area contributed by atoms with Gasteiger partial charge in [0.05, 0.1) is 24.9 Å². The Hall–Kier alpha value is -1.67. The van der Waals surface area contributed by atoms with Crippen molar-refractivity contribution in [1.82, 2.24) is 4.90 Å². The van der Waals surface area contributed by atoms with Gasteiger partial charge in [0.2, 0.25) is 0 Å². The summed E-state index contributed by atoms with van der Waals surface area (Å²) in [6.45, 7) is 5.02. The molecule has 3 N–H and O–H groups in total. The van der Waals surface area contributed by atoms with E-state index in [2.05, 4.69) is 4.90 Å². The van der Waals surface area contributed by atoms with Crippen molar-refractivity contribution >= 4 is 11.6 Å². The lowest BCUT2D eigenvalue weighted by Crippen LogP contribution is -2.52. The minimum atomic E-state index is -0.929. The van der Waals surface area contributed by atoms with Gasteiger partial charge in [0.15, 0.2) is 0 Å². The van der Waals surface area contributed by atoms with Gasteiger partial charge in [-0.05, 0) is 73.5 Å². The second-order valence-corrected chi connectivity index (χ2v) is 9.92. The maximum atomic E-state index is 10.6. The van der Waals surface area contributed by atoms with Crippen LogP contribution < -0.4 is 4.74 Å². The molecule has 0 aromatic heterocycles. The van der Waals surface area contributed by atoms with E-state index in [9.17, 15) is 15.3 Å². The summed E-state index contributed by atoms with van der Waals surface area (Å²) in [5, 5.41) is 31.5. The van der Waals surface area contributed by atoms with Gasteiger partial charge < -0.3 is 29.7 Å². The van der Waals surface area contributed by atoms with Crippen LogP contribution in [0.3, 0.4) is 0 Å². The lowest BCUT2D eigenvalue weighted by molar-refractivity contribution is -0.177. The van der Waals surface area contributed by atoms with E-state index in [4.69, 9.17) is 21.1 Å². The molecule has 0 spiro atoms. The zero-order chi connectivity index (χ0) is 24.1. The molecule has 7 heteroatoms. The van der Waals surface area contributed by atoms with Crippen LogP contribution in [0, 0.1) is 5.92 Å². The number of aliphatic hydroxyl groups is 3. The van der Waals surface area contributed by atoms with Gasteiger partial charge in [-0.3, -0.25) is 0 Å². The highest BCUT2D eigenvalue weighted by Crippen LogP contribution is 2.35. The predicted octanol–water partition coefficient (Wildman–Crippen LogP) is 3.59. The van der Waals surface area contributed by atoms with Gasteiger partial charge in [0, 0.05) is 31.1 Å². The van der Waals surface area contributed by atoms with Crippen molar-refractivity contribution < 1.29 is 24.8 Å². The number of benzene rings is 2. The van der Waals surface area contributed by atoms with Crippen molar-refractivity contribution in [3.63, 3.8) is 0 Å². The molecule has 0 bridgehead atoms. The van der Waals surface area contributed by atoms with Crippen molar-refractivity contribution in [1.29, 1.82) is 0 Å². The van der Waals surface area contributed by atoms with Crippen LogP contribution in [0.4, 0.5) is 0 Å². The number of hydrogen-bond donors (Lipinski definition) is 3. The number of nitrogens with zero attached hydrogens (tertiary/aromatic N) is 1. The van der Waals surface area contributed by atoms with Crippen LogP contribution in [0.5, 0.6) is 5.75 Å². The van der Waals surface area contributed by atoms with Crippen molar-refractivity contribution in [3.05, 3.63) is 64.2 Å². The molecule has 5 atom stereocenters. The lowest BCUT2D eigenvalue weighted by Gasteiger charge is -2.41. The summed E-state index contributed by atoms with van der Waals surface area (Å²) in [4.78, 5) is 2.23. The summed E-state index contributed by atoms with van der Waals surface area (Å²) in [6.07, 6.45) is 0.460. The lowest BCUT2D eigenvalue weighted by atomic mass is 9.91. The summed E-state index contributed by atoms with van der Waals surface area (Å²) in [6, 6.07) is 13.9. The quantitative estimate of drug-likeness (QED) is 0.525. The molecule has 0 amide bonds. The monoisotopic (exact) mass is 489 g/mol. The first-order valence-electron chi connectivity index (χ1n) is 12.3. The summed E-state index contributed by atoms with van der Waals surface area (Å²) in [5.74, 6) is 1.11. The van der Waals surface area contributed by atoms with Crippen molar-refractivity contribution in [2.24, 2.45) is 5.92 Å². The number of piperidine rings is 1. The molecule has 2 aliphatic heterocycles. The van der Waals surface area contributed by atoms with Crippen molar-refractivity contribution in [3.8, 4) is 5.75 Å². The van der Waals surface area contributed by atoms with Gasteiger partial charge in [-0.1, -0.05) is 35.9 Å². The number of aliphatic hydroxyl groups excluding tert-OH is 3. The van der Waals surface area contributed by atoms with Gasteiger partial charge >= 0.3 is 0 Å². The Balaban J connectivity index is 1.46. The summed E-state index contributed by atoms with van der Waals surface area (Å²) >= 11 is 6.52. The Morgan fingerprint density at radius 1 is 1.15 bits per heavy atom. The van der Waals surface area contributed by atoms with E-state index in [1.165, 1.54) is 0 Å². The predicted molar refractivity (Wildman–Crippen MR) is 132 cm³/mol. The van der Waals surface area contributed by atoms with E-state index in [1.54, 1.807) is 0 Å². The minimum Gasteiger partial charge on any atom is -0.494 e. The van der Waals surface area contributed by atoms with Crippen LogP contribution in [0.15, 0.2) is 42.5 Å². The standard InChI is InChI=1S/C27H36ClNO5/c1-2-33-22-8-5-18(6-9-22)12-21-13-20(7-10-23(21)28)25-14-24(31)27(32)26(34-25)16-29-11-3-4-19(15-29)17-30/h5-10,13,19,24-27,30-32H,2-4,11-12,14-17H2,1H3. The Labute approximate surface area is 207 Å². The zero-order valence-electron chi connectivity index (χ0n) is 19.8. The first-order valence-corrected chi connectivity index (χ1v) is 12.7. The second-order valence-electron chi connectivity index (χ2n) is 9.51. The Morgan fingerprint density at radius 2 is 1.94 bits per heavy atom. The Bertz CT molecular complexity index is 924. The number of halogens is 1. The van der Waals surface area contributed by atoms with Crippen LogP contribution in [0.2, 0.25) is 5.02 Å². The van der Waals surface area contributed by atoms with E-state index >= 15 is 0 Å². The van der Waals surface area contributed by atoms with E-state index in [-0.39, 0.29) is 18.6 Å². The van der Waals surface area contributed by atoms with E-state index in [1.807, 2.05) is 49.4 Å². The maximum Gasteiger partial charge on any atom is 0.119 e. The van der Waals surface area contributed by atoms with Crippen LogP contribution in [0.1, 0.15) is 49.0 Å². The molecule has 6 nitrogen and oxygen atoms in total. The summed E-state index contributed by atoms with van der Waals surface area (Å²) in [7, 11) is 0.